The lowest BCUT2D eigenvalue weighted by atomic mass is 10.2. The number of nitrogens with one attached hydrogen (secondary N) is 1. The molecule has 7 heteroatoms. The van der Waals surface area contributed by atoms with Crippen LogP contribution in [0, 0.1) is 0 Å². The number of carboxylic acids is 1. The Hall–Kier alpha value is -2.96. The molecule has 0 aliphatic heterocycles. The van der Waals surface area contributed by atoms with Crippen LogP contribution in [0.15, 0.2) is 36.4 Å². The van der Waals surface area contributed by atoms with Gasteiger partial charge in [0.25, 0.3) is 5.91 Å². The van der Waals surface area contributed by atoms with Crippen molar-refractivity contribution in [1.82, 2.24) is 15.5 Å². The fourth-order valence-corrected chi connectivity index (χ4v) is 1.41. The van der Waals surface area contributed by atoms with Crippen LogP contribution in [0.25, 0.3) is 0 Å². The first kappa shape index (κ1) is 13.5. The minimum absolute atomic E-state index is 0.165. The fraction of sp³-hybridized carbons (Fsp3) is 0.0769. The second-order valence-electron chi connectivity index (χ2n) is 3.77. The number of benzene rings is 1. The van der Waals surface area contributed by atoms with Gasteiger partial charge >= 0.3 is 5.97 Å². The first-order valence-corrected chi connectivity index (χ1v) is 5.67. The summed E-state index contributed by atoms with van der Waals surface area (Å²) in [6.45, 7) is 0. The van der Waals surface area contributed by atoms with E-state index >= 15 is 0 Å². The summed E-state index contributed by atoms with van der Waals surface area (Å²) >= 11 is 0. The zero-order valence-electron chi connectivity index (χ0n) is 10.5. The van der Waals surface area contributed by atoms with Crippen LogP contribution < -0.4 is 10.1 Å². The third kappa shape index (κ3) is 3.08. The van der Waals surface area contributed by atoms with E-state index in [9.17, 15) is 9.59 Å². The molecule has 1 aromatic heterocycles. The summed E-state index contributed by atoms with van der Waals surface area (Å²) in [7, 11) is 1.50. The van der Waals surface area contributed by atoms with Gasteiger partial charge in [0, 0.05) is 13.1 Å². The molecular weight excluding hydrogens is 262 g/mol. The molecule has 0 aliphatic rings. The standard InChI is InChI=1S/C13H11N3O4/c1-14-12(17)10-6-7-11(16-15-10)20-9-4-2-8(3-5-9)13(18)19/h2-7H,1H3,(H,14,17)(H,18,19). The average molecular weight is 273 g/mol. The molecule has 2 N–H and O–H groups in total. The van der Waals surface area contributed by atoms with E-state index in [1.165, 1.54) is 43.4 Å². The highest BCUT2D eigenvalue weighted by molar-refractivity contribution is 5.91. The van der Waals surface area contributed by atoms with Crippen molar-refractivity contribution in [1.29, 1.82) is 0 Å². The molecule has 0 saturated carbocycles. The SMILES string of the molecule is CNC(=O)c1ccc(Oc2ccc(C(=O)O)cc2)nn1. The van der Waals surface area contributed by atoms with E-state index in [4.69, 9.17) is 9.84 Å². The number of carboxylic acid groups (broad SMARTS) is 1. The molecule has 0 radical (unpaired) electrons. The van der Waals surface area contributed by atoms with Crippen molar-refractivity contribution in [3.05, 3.63) is 47.7 Å². The lowest BCUT2D eigenvalue weighted by molar-refractivity contribution is 0.0696. The lowest BCUT2D eigenvalue weighted by Gasteiger charge is -2.04. The number of hydrogen-bond donors (Lipinski definition) is 2. The number of aromatic nitrogens is 2. The van der Waals surface area contributed by atoms with Crippen LogP contribution in [0.1, 0.15) is 20.8 Å². The second-order valence-corrected chi connectivity index (χ2v) is 3.77. The molecule has 0 bridgehead atoms. The van der Waals surface area contributed by atoms with E-state index in [2.05, 4.69) is 15.5 Å². The number of nitrogens with zero attached hydrogens (tertiary/aromatic N) is 2. The van der Waals surface area contributed by atoms with Crippen molar-refractivity contribution in [3.8, 4) is 11.6 Å². The van der Waals surface area contributed by atoms with Gasteiger partial charge in [-0.1, -0.05) is 0 Å². The molecule has 1 amide bonds. The summed E-state index contributed by atoms with van der Waals surface area (Å²) in [5, 5.41) is 18.7. The minimum atomic E-state index is -1.01. The van der Waals surface area contributed by atoms with Crippen LogP contribution in [-0.2, 0) is 0 Å². The van der Waals surface area contributed by atoms with Gasteiger partial charge in [0.2, 0.25) is 5.88 Å². The zero-order chi connectivity index (χ0) is 14.5. The van der Waals surface area contributed by atoms with Crippen molar-refractivity contribution < 1.29 is 19.4 Å². The summed E-state index contributed by atoms with van der Waals surface area (Å²) in [6.07, 6.45) is 0. The highest BCUT2D eigenvalue weighted by Crippen LogP contribution is 2.19. The number of hydrogen-bond acceptors (Lipinski definition) is 5. The van der Waals surface area contributed by atoms with Gasteiger partial charge in [-0.25, -0.2) is 4.79 Å². The Labute approximate surface area is 114 Å². The Balaban J connectivity index is 2.10. The summed E-state index contributed by atoms with van der Waals surface area (Å²) in [5.41, 5.74) is 0.347. The zero-order valence-corrected chi connectivity index (χ0v) is 10.5. The third-order valence-corrected chi connectivity index (χ3v) is 2.42. The molecule has 2 rings (SSSR count). The van der Waals surface area contributed by atoms with Crippen molar-refractivity contribution >= 4 is 11.9 Å². The Kier molecular flexibility index (Phi) is 3.90. The largest absolute Gasteiger partial charge is 0.478 e. The van der Waals surface area contributed by atoms with Gasteiger partial charge in [-0.2, -0.15) is 0 Å². The molecule has 0 atom stereocenters. The van der Waals surface area contributed by atoms with E-state index in [0.29, 0.717) is 5.75 Å². The number of carbonyl (C=O) groups is 2. The smallest absolute Gasteiger partial charge is 0.335 e. The number of aromatic carboxylic acids is 1. The van der Waals surface area contributed by atoms with E-state index in [1.54, 1.807) is 0 Å². The predicted octanol–water partition coefficient (Wildman–Crippen LogP) is 1.33. The maximum Gasteiger partial charge on any atom is 0.335 e. The molecule has 102 valence electrons. The average Bonchev–Trinajstić information content (AvgIpc) is 2.48. The monoisotopic (exact) mass is 273 g/mol. The van der Waals surface area contributed by atoms with Crippen LogP contribution in [-0.4, -0.2) is 34.2 Å². The first-order valence-electron chi connectivity index (χ1n) is 5.67. The molecule has 1 aromatic carbocycles. The molecule has 2 aromatic rings. The van der Waals surface area contributed by atoms with E-state index in [1.807, 2.05) is 0 Å². The van der Waals surface area contributed by atoms with Gasteiger partial charge in [0.15, 0.2) is 5.69 Å². The molecule has 0 fully saturated rings. The van der Waals surface area contributed by atoms with Crippen molar-refractivity contribution in [2.45, 2.75) is 0 Å². The Bertz CT molecular complexity index is 623. The maximum atomic E-state index is 11.3. The molecule has 0 spiro atoms. The minimum Gasteiger partial charge on any atom is -0.478 e. The highest BCUT2D eigenvalue weighted by Gasteiger charge is 2.07. The topological polar surface area (TPSA) is 101 Å². The summed E-state index contributed by atoms with van der Waals surface area (Å²) < 4.78 is 5.38. The number of carbonyl (C=O) groups excluding carboxylic acids is 1. The fourth-order valence-electron chi connectivity index (χ4n) is 1.41. The third-order valence-electron chi connectivity index (χ3n) is 2.42. The van der Waals surface area contributed by atoms with Gasteiger partial charge < -0.3 is 15.2 Å². The van der Waals surface area contributed by atoms with E-state index in [-0.39, 0.29) is 23.0 Å². The van der Waals surface area contributed by atoms with Gasteiger partial charge in [-0.15, -0.1) is 10.2 Å². The normalized spacial score (nSPS) is 9.85. The number of rotatable bonds is 4. The maximum absolute atomic E-state index is 11.3. The van der Waals surface area contributed by atoms with Crippen LogP contribution >= 0.6 is 0 Å². The molecule has 0 unspecified atom stereocenters. The van der Waals surface area contributed by atoms with Crippen LogP contribution in [0.4, 0.5) is 0 Å². The molecule has 1 heterocycles. The second kappa shape index (κ2) is 5.79. The molecule has 7 nitrogen and oxygen atoms in total. The highest BCUT2D eigenvalue weighted by atomic mass is 16.5. The van der Waals surface area contributed by atoms with Crippen molar-refractivity contribution in [2.24, 2.45) is 0 Å². The van der Waals surface area contributed by atoms with Gasteiger partial charge in [0.1, 0.15) is 5.75 Å². The molecular formula is C13H11N3O4. The van der Waals surface area contributed by atoms with Crippen LogP contribution in [0.5, 0.6) is 11.6 Å². The quantitative estimate of drug-likeness (QED) is 0.871. The number of amides is 1. The van der Waals surface area contributed by atoms with E-state index in [0.717, 1.165) is 0 Å². The predicted molar refractivity (Wildman–Crippen MR) is 68.9 cm³/mol. The van der Waals surface area contributed by atoms with E-state index < -0.39 is 5.97 Å². The van der Waals surface area contributed by atoms with Gasteiger partial charge in [-0.3, -0.25) is 4.79 Å². The molecule has 20 heavy (non-hydrogen) atoms. The van der Waals surface area contributed by atoms with Crippen molar-refractivity contribution in [3.63, 3.8) is 0 Å². The molecule has 0 aliphatic carbocycles. The summed E-state index contributed by atoms with van der Waals surface area (Å²) in [4.78, 5) is 22.0. The van der Waals surface area contributed by atoms with Crippen LogP contribution in [0.3, 0.4) is 0 Å². The van der Waals surface area contributed by atoms with Crippen LogP contribution in [0.2, 0.25) is 0 Å². The Morgan fingerprint density at radius 3 is 2.30 bits per heavy atom. The van der Waals surface area contributed by atoms with Crippen molar-refractivity contribution in [2.75, 3.05) is 7.05 Å². The Morgan fingerprint density at radius 2 is 1.80 bits per heavy atom. The lowest BCUT2D eigenvalue weighted by Crippen LogP contribution is -2.19. The first-order chi connectivity index (χ1) is 9.60. The summed E-state index contributed by atoms with van der Waals surface area (Å²) in [6, 6.07) is 8.85. The van der Waals surface area contributed by atoms with Gasteiger partial charge in [0.05, 0.1) is 5.56 Å². The van der Waals surface area contributed by atoms with Gasteiger partial charge in [-0.05, 0) is 30.3 Å². The Morgan fingerprint density at radius 1 is 1.10 bits per heavy atom. The summed E-state index contributed by atoms with van der Waals surface area (Å²) in [5.74, 6) is -0.709. The number of ether oxygens (including phenoxy) is 1. The molecule has 0 saturated heterocycles.